The Morgan fingerprint density at radius 3 is 2.62 bits per heavy atom. The molecule has 2 aromatic carbocycles. The van der Waals surface area contributed by atoms with Gasteiger partial charge in [0.25, 0.3) is 0 Å². The number of imidazole rings is 1. The van der Waals surface area contributed by atoms with Crippen molar-refractivity contribution in [2.24, 2.45) is 0 Å². The van der Waals surface area contributed by atoms with Crippen molar-refractivity contribution in [2.75, 3.05) is 7.11 Å². The first-order chi connectivity index (χ1) is 10.2. The highest BCUT2D eigenvalue weighted by Gasteiger charge is 2.06. The third-order valence-corrected chi connectivity index (χ3v) is 3.56. The standard InChI is InChI=1S/C17H18N2O2/c1-11-7-15-16(8-12(11)2)19-17(18-15)10-21-14-6-4-5-13(9-14)20-3/h4-9H,10H2,1-3H3,(H,18,19). The van der Waals surface area contributed by atoms with Crippen LogP contribution in [0.1, 0.15) is 17.0 Å². The summed E-state index contributed by atoms with van der Waals surface area (Å²) in [6.07, 6.45) is 0. The molecule has 21 heavy (non-hydrogen) atoms. The highest BCUT2D eigenvalue weighted by molar-refractivity contribution is 5.77. The van der Waals surface area contributed by atoms with E-state index in [2.05, 4.69) is 35.9 Å². The average molecular weight is 282 g/mol. The van der Waals surface area contributed by atoms with Crippen LogP contribution < -0.4 is 9.47 Å². The van der Waals surface area contributed by atoms with Gasteiger partial charge in [0, 0.05) is 6.07 Å². The van der Waals surface area contributed by atoms with Gasteiger partial charge in [0.1, 0.15) is 23.9 Å². The van der Waals surface area contributed by atoms with Crippen molar-refractivity contribution in [1.29, 1.82) is 0 Å². The summed E-state index contributed by atoms with van der Waals surface area (Å²) in [6.45, 7) is 4.60. The van der Waals surface area contributed by atoms with Crippen LogP contribution in [-0.2, 0) is 6.61 Å². The Morgan fingerprint density at radius 2 is 1.81 bits per heavy atom. The molecule has 0 aliphatic rings. The molecule has 1 aromatic heterocycles. The van der Waals surface area contributed by atoms with Gasteiger partial charge in [0.05, 0.1) is 18.1 Å². The zero-order valence-electron chi connectivity index (χ0n) is 12.4. The molecule has 1 heterocycles. The normalized spacial score (nSPS) is 10.8. The molecule has 0 amide bonds. The molecule has 0 spiro atoms. The Morgan fingerprint density at radius 1 is 1.05 bits per heavy atom. The highest BCUT2D eigenvalue weighted by atomic mass is 16.5. The first-order valence-electron chi connectivity index (χ1n) is 6.88. The molecule has 4 nitrogen and oxygen atoms in total. The topological polar surface area (TPSA) is 47.1 Å². The maximum Gasteiger partial charge on any atom is 0.146 e. The molecular weight excluding hydrogens is 264 g/mol. The molecule has 0 radical (unpaired) electrons. The lowest BCUT2D eigenvalue weighted by atomic mass is 10.1. The number of aromatic amines is 1. The number of nitrogens with one attached hydrogen (secondary N) is 1. The quantitative estimate of drug-likeness (QED) is 0.792. The van der Waals surface area contributed by atoms with E-state index in [0.717, 1.165) is 28.4 Å². The van der Waals surface area contributed by atoms with E-state index in [1.54, 1.807) is 7.11 Å². The molecular formula is C17H18N2O2. The molecule has 0 aliphatic heterocycles. The fourth-order valence-corrected chi connectivity index (χ4v) is 2.23. The minimum atomic E-state index is 0.403. The molecule has 0 atom stereocenters. The molecule has 3 aromatic rings. The Kier molecular flexibility index (Phi) is 3.52. The Labute approximate surface area is 123 Å². The van der Waals surface area contributed by atoms with Gasteiger partial charge in [0.2, 0.25) is 0 Å². The maximum absolute atomic E-state index is 5.75. The van der Waals surface area contributed by atoms with E-state index in [-0.39, 0.29) is 0 Å². The van der Waals surface area contributed by atoms with Crippen LogP contribution >= 0.6 is 0 Å². The Bertz CT molecular complexity index is 739. The molecule has 4 heteroatoms. The molecule has 3 rings (SSSR count). The zero-order chi connectivity index (χ0) is 14.8. The summed E-state index contributed by atoms with van der Waals surface area (Å²) in [4.78, 5) is 7.86. The smallest absolute Gasteiger partial charge is 0.146 e. The van der Waals surface area contributed by atoms with E-state index in [1.807, 2.05) is 24.3 Å². The fourth-order valence-electron chi connectivity index (χ4n) is 2.23. The first-order valence-corrected chi connectivity index (χ1v) is 6.88. The second kappa shape index (κ2) is 5.48. The number of aryl methyl sites for hydroxylation is 2. The number of methoxy groups -OCH3 is 1. The van der Waals surface area contributed by atoms with Gasteiger partial charge < -0.3 is 14.5 Å². The van der Waals surface area contributed by atoms with Gasteiger partial charge >= 0.3 is 0 Å². The predicted octanol–water partition coefficient (Wildman–Crippen LogP) is 3.77. The summed E-state index contributed by atoms with van der Waals surface area (Å²) < 4.78 is 10.9. The van der Waals surface area contributed by atoms with Crippen LogP contribution in [0.5, 0.6) is 11.5 Å². The third-order valence-electron chi connectivity index (χ3n) is 3.56. The summed E-state index contributed by atoms with van der Waals surface area (Å²) in [5.41, 5.74) is 4.52. The van der Waals surface area contributed by atoms with Crippen LogP contribution in [0, 0.1) is 13.8 Å². The number of aromatic nitrogens is 2. The molecule has 1 N–H and O–H groups in total. The SMILES string of the molecule is COc1cccc(OCc2nc3cc(C)c(C)cc3[nH]2)c1. The van der Waals surface area contributed by atoms with E-state index in [0.29, 0.717) is 6.61 Å². The van der Waals surface area contributed by atoms with Gasteiger partial charge in [-0.3, -0.25) is 0 Å². The van der Waals surface area contributed by atoms with E-state index < -0.39 is 0 Å². The van der Waals surface area contributed by atoms with E-state index in [4.69, 9.17) is 9.47 Å². The lowest BCUT2D eigenvalue weighted by molar-refractivity contribution is 0.295. The Hall–Kier alpha value is -2.49. The minimum Gasteiger partial charge on any atom is -0.497 e. The van der Waals surface area contributed by atoms with Crippen LogP contribution in [0.3, 0.4) is 0 Å². The maximum atomic E-state index is 5.75. The van der Waals surface area contributed by atoms with Gasteiger partial charge in [-0.2, -0.15) is 0 Å². The van der Waals surface area contributed by atoms with Crippen molar-refractivity contribution in [3.8, 4) is 11.5 Å². The van der Waals surface area contributed by atoms with Gasteiger partial charge in [-0.05, 0) is 49.2 Å². The number of fused-ring (bicyclic) bond motifs is 1. The van der Waals surface area contributed by atoms with E-state index in [9.17, 15) is 0 Å². The second-order valence-electron chi connectivity index (χ2n) is 5.10. The largest absolute Gasteiger partial charge is 0.497 e. The van der Waals surface area contributed by atoms with Crippen molar-refractivity contribution in [3.05, 3.63) is 53.3 Å². The van der Waals surface area contributed by atoms with Gasteiger partial charge in [-0.15, -0.1) is 0 Å². The van der Waals surface area contributed by atoms with Crippen LogP contribution in [0.2, 0.25) is 0 Å². The summed E-state index contributed by atoms with van der Waals surface area (Å²) in [7, 11) is 1.64. The van der Waals surface area contributed by atoms with Crippen molar-refractivity contribution in [2.45, 2.75) is 20.5 Å². The molecule has 0 unspecified atom stereocenters. The number of ether oxygens (including phenoxy) is 2. The predicted molar refractivity (Wildman–Crippen MR) is 82.9 cm³/mol. The average Bonchev–Trinajstić information content (AvgIpc) is 2.87. The van der Waals surface area contributed by atoms with Crippen molar-refractivity contribution < 1.29 is 9.47 Å². The third kappa shape index (κ3) is 2.84. The molecule has 0 bridgehead atoms. The van der Waals surface area contributed by atoms with Gasteiger partial charge in [-0.1, -0.05) is 6.07 Å². The van der Waals surface area contributed by atoms with Crippen molar-refractivity contribution >= 4 is 11.0 Å². The van der Waals surface area contributed by atoms with Crippen molar-refractivity contribution in [1.82, 2.24) is 9.97 Å². The van der Waals surface area contributed by atoms with Gasteiger partial charge in [-0.25, -0.2) is 4.98 Å². The molecule has 0 saturated carbocycles. The molecule has 0 aliphatic carbocycles. The summed E-state index contributed by atoms with van der Waals surface area (Å²) in [5.74, 6) is 2.36. The fraction of sp³-hybridized carbons (Fsp3) is 0.235. The molecule has 108 valence electrons. The van der Waals surface area contributed by atoms with E-state index >= 15 is 0 Å². The number of H-pyrrole nitrogens is 1. The van der Waals surface area contributed by atoms with E-state index in [1.165, 1.54) is 11.1 Å². The lowest BCUT2D eigenvalue weighted by Crippen LogP contribution is -1.97. The molecule has 0 saturated heterocycles. The lowest BCUT2D eigenvalue weighted by Gasteiger charge is -2.05. The van der Waals surface area contributed by atoms with Crippen LogP contribution in [-0.4, -0.2) is 17.1 Å². The highest BCUT2D eigenvalue weighted by Crippen LogP contribution is 2.21. The second-order valence-corrected chi connectivity index (χ2v) is 5.10. The Balaban J connectivity index is 1.78. The number of benzene rings is 2. The van der Waals surface area contributed by atoms with Crippen LogP contribution in [0.15, 0.2) is 36.4 Å². The number of hydrogen-bond acceptors (Lipinski definition) is 3. The number of nitrogens with zero attached hydrogens (tertiary/aromatic N) is 1. The number of rotatable bonds is 4. The zero-order valence-corrected chi connectivity index (χ0v) is 12.4. The monoisotopic (exact) mass is 282 g/mol. The van der Waals surface area contributed by atoms with Gasteiger partial charge in [0.15, 0.2) is 0 Å². The summed E-state index contributed by atoms with van der Waals surface area (Å²) >= 11 is 0. The summed E-state index contributed by atoms with van der Waals surface area (Å²) in [6, 6.07) is 11.8. The summed E-state index contributed by atoms with van der Waals surface area (Å²) in [5, 5.41) is 0. The molecule has 0 fully saturated rings. The van der Waals surface area contributed by atoms with Crippen LogP contribution in [0.4, 0.5) is 0 Å². The first kappa shape index (κ1) is 13.5. The van der Waals surface area contributed by atoms with Crippen molar-refractivity contribution in [3.63, 3.8) is 0 Å². The minimum absolute atomic E-state index is 0.403. The number of hydrogen-bond donors (Lipinski definition) is 1. The van der Waals surface area contributed by atoms with Crippen LogP contribution in [0.25, 0.3) is 11.0 Å².